The molecule has 0 aliphatic carbocycles. The number of nitrogens with one attached hydrogen (secondary N) is 1. The number of benzene rings is 1. The number of nitrogens with two attached hydrogens (primary N) is 1. The molecule has 0 saturated heterocycles. The number of hydrogen-bond acceptors (Lipinski definition) is 5. The summed E-state index contributed by atoms with van der Waals surface area (Å²) < 4.78 is 18.6. The second kappa shape index (κ2) is 5.73. The molecule has 0 unspecified atom stereocenters. The average molecular weight is 276 g/mol. The lowest BCUT2D eigenvalue weighted by atomic mass is 10.1. The first-order chi connectivity index (χ1) is 9.52. The first kappa shape index (κ1) is 14.0. The van der Waals surface area contributed by atoms with Crippen molar-refractivity contribution < 1.29 is 9.13 Å². The predicted molar refractivity (Wildman–Crippen MR) is 76.2 cm³/mol. The number of hydrogen-bond donors (Lipinski definition) is 2. The van der Waals surface area contributed by atoms with Gasteiger partial charge in [-0.05, 0) is 30.5 Å². The summed E-state index contributed by atoms with van der Waals surface area (Å²) in [6.07, 6.45) is 1.37. The van der Waals surface area contributed by atoms with Crippen LogP contribution in [0, 0.1) is 19.7 Å². The SMILES string of the molecule is COc1ncnc(NCc2cc(C)c(F)c(C)c2)c1N. The van der Waals surface area contributed by atoms with Gasteiger partial charge < -0.3 is 15.8 Å². The van der Waals surface area contributed by atoms with Gasteiger partial charge in [-0.15, -0.1) is 0 Å². The molecule has 106 valence electrons. The maximum absolute atomic E-state index is 13.6. The van der Waals surface area contributed by atoms with Gasteiger partial charge in [0.05, 0.1) is 7.11 Å². The Morgan fingerprint density at radius 3 is 2.50 bits per heavy atom. The van der Waals surface area contributed by atoms with Crippen LogP contribution in [0.4, 0.5) is 15.9 Å². The molecule has 1 aromatic heterocycles. The van der Waals surface area contributed by atoms with Crippen molar-refractivity contribution in [1.29, 1.82) is 0 Å². The Hall–Kier alpha value is -2.37. The van der Waals surface area contributed by atoms with E-state index in [0.29, 0.717) is 35.1 Å². The van der Waals surface area contributed by atoms with Crippen molar-refractivity contribution in [3.63, 3.8) is 0 Å². The first-order valence-electron chi connectivity index (χ1n) is 6.17. The Labute approximate surface area is 117 Å². The molecule has 0 amide bonds. The molecule has 0 fully saturated rings. The molecule has 0 aliphatic rings. The van der Waals surface area contributed by atoms with Gasteiger partial charge >= 0.3 is 0 Å². The number of aromatic nitrogens is 2. The highest BCUT2D eigenvalue weighted by molar-refractivity contribution is 5.66. The van der Waals surface area contributed by atoms with Crippen LogP contribution in [0.2, 0.25) is 0 Å². The zero-order chi connectivity index (χ0) is 14.7. The van der Waals surface area contributed by atoms with Crippen molar-refractivity contribution in [1.82, 2.24) is 9.97 Å². The minimum Gasteiger partial charge on any atom is -0.479 e. The molecule has 0 radical (unpaired) electrons. The van der Waals surface area contributed by atoms with Crippen LogP contribution in [0.3, 0.4) is 0 Å². The number of nitrogen functional groups attached to an aromatic ring is 1. The van der Waals surface area contributed by atoms with Gasteiger partial charge in [0.2, 0.25) is 5.88 Å². The van der Waals surface area contributed by atoms with E-state index < -0.39 is 0 Å². The highest BCUT2D eigenvalue weighted by Crippen LogP contribution is 2.24. The molecule has 0 saturated carbocycles. The third kappa shape index (κ3) is 2.79. The van der Waals surface area contributed by atoms with Crippen molar-refractivity contribution in [3.05, 3.63) is 41.0 Å². The summed E-state index contributed by atoms with van der Waals surface area (Å²) in [5, 5.41) is 3.10. The molecule has 20 heavy (non-hydrogen) atoms. The topological polar surface area (TPSA) is 73.1 Å². The van der Waals surface area contributed by atoms with E-state index in [1.165, 1.54) is 13.4 Å². The Morgan fingerprint density at radius 2 is 1.90 bits per heavy atom. The Morgan fingerprint density at radius 1 is 1.25 bits per heavy atom. The van der Waals surface area contributed by atoms with Crippen molar-refractivity contribution in [2.24, 2.45) is 0 Å². The van der Waals surface area contributed by atoms with Crippen molar-refractivity contribution in [3.8, 4) is 5.88 Å². The fraction of sp³-hybridized carbons (Fsp3) is 0.286. The van der Waals surface area contributed by atoms with Gasteiger partial charge in [-0.2, -0.15) is 4.98 Å². The molecule has 0 bridgehead atoms. The molecule has 0 spiro atoms. The lowest BCUT2D eigenvalue weighted by Gasteiger charge is -2.11. The van der Waals surface area contributed by atoms with Gasteiger partial charge in [0.1, 0.15) is 17.8 Å². The van der Waals surface area contributed by atoms with Crippen LogP contribution in [-0.4, -0.2) is 17.1 Å². The predicted octanol–water partition coefficient (Wildman–Crippen LogP) is 2.44. The van der Waals surface area contributed by atoms with E-state index in [0.717, 1.165) is 5.56 Å². The normalized spacial score (nSPS) is 10.4. The monoisotopic (exact) mass is 276 g/mol. The van der Waals surface area contributed by atoms with Gasteiger partial charge in [-0.25, -0.2) is 9.37 Å². The Balaban J connectivity index is 2.17. The maximum Gasteiger partial charge on any atom is 0.242 e. The smallest absolute Gasteiger partial charge is 0.242 e. The molecule has 1 aromatic carbocycles. The number of nitrogens with zero attached hydrogens (tertiary/aromatic N) is 2. The molecule has 0 aliphatic heterocycles. The van der Waals surface area contributed by atoms with E-state index in [-0.39, 0.29) is 5.82 Å². The van der Waals surface area contributed by atoms with Crippen molar-refractivity contribution >= 4 is 11.5 Å². The minimum atomic E-state index is -0.169. The molecule has 2 rings (SSSR count). The molecule has 2 aromatic rings. The Kier molecular flexibility index (Phi) is 4.02. The molecular formula is C14H17FN4O. The fourth-order valence-corrected chi connectivity index (χ4v) is 2.01. The van der Waals surface area contributed by atoms with E-state index in [1.807, 2.05) is 0 Å². The lowest BCUT2D eigenvalue weighted by Crippen LogP contribution is -2.07. The third-order valence-corrected chi connectivity index (χ3v) is 3.00. The number of rotatable bonds is 4. The van der Waals surface area contributed by atoms with Crippen LogP contribution < -0.4 is 15.8 Å². The highest BCUT2D eigenvalue weighted by atomic mass is 19.1. The number of ether oxygens (including phenoxy) is 1. The molecule has 3 N–H and O–H groups in total. The summed E-state index contributed by atoms with van der Waals surface area (Å²) in [5.41, 5.74) is 8.42. The van der Waals surface area contributed by atoms with Crippen molar-refractivity contribution in [2.75, 3.05) is 18.2 Å². The zero-order valence-electron chi connectivity index (χ0n) is 11.7. The second-order valence-corrected chi connectivity index (χ2v) is 4.54. The van der Waals surface area contributed by atoms with Crippen LogP contribution in [0.5, 0.6) is 5.88 Å². The van der Waals surface area contributed by atoms with Crippen molar-refractivity contribution in [2.45, 2.75) is 20.4 Å². The molecular weight excluding hydrogens is 259 g/mol. The van der Waals surface area contributed by atoms with E-state index in [2.05, 4.69) is 15.3 Å². The fourth-order valence-electron chi connectivity index (χ4n) is 2.01. The van der Waals surface area contributed by atoms with Gasteiger partial charge in [0.25, 0.3) is 0 Å². The number of methoxy groups -OCH3 is 1. The van der Waals surface area contributed by atoms with Gasteiger partial charge in [-0.1, -0.05) is 12.1 Å². The molecule has 1 heterocycles. The Bertz CT molecular complexity index is 608. The zero-order valence-corrected chi connectivity index (χ0v) is 11.7. The summed E-state index contributed by atoms with van der Waals surface area (Å²) in [7, 11) is 1.50. The summed E-state index contributed by atoms with van der Waals surface area (Å²) >= 11 is 0. The van der Waals surface area contributed by atoms with Crippen LogP contribution in [0.25, 0.3) is 0 Å². The van der Waals surface area contributed by atoms with E-state index >= 15 is 0 Å². The van der Waals surface area contributed by atoms with E-state index in [1.54, 1.807) is 26.0 Å². The van der Waals surface area contributed by atoms with Gasteiger partial charge in [0.15, 0.2) is 5.82 Å². The number of halogens is 1. The van der Waals surface area contributed by atoms with Crippen LogP contribution in [-0.2, 0) is 6.54 Å². The maximum atomic E-state index is 13.6. The van der Waals surface area contributed by atoms with E-state index in [4.69, 9.17) is 10.5 Å². The summed E-state index contributed by atoms with van der Waals surface area (Å²) in [5.74, 6) is 0.655. The van der Waals surface area contributed by atoms with Crippen LogP contribution in [0.1, 0.15) is 16.7 Å². The quantitative estimate of drug-likeness (QED) is 0.897. The summed E-state index contributed by atoms with van der Waals surface area (Å²) in [6, 6.07) is 3.59. The average Bonchev–Trinajstić information content (AvgIpc) is 2.43. The minimum absolute atomic E-state index is 0.169. The molecule has 5 nitrogen and oxygen atoms in total. The van der Waals surface area contributed by atoms with E-state index in [9.17, 15) is 4.39 Å². The molecule has 6 heteroatoms. The number of anilines is 2. The molecule has 0 atom stereocenters. The lowest BCUT2D eigenvalue weighted by molar-refractivity contribution is 0.399. The van der Waals surface area contributed by atoms with Crippen LogP contribution in [0.15, 0.2) is 18.5 Å². The summed E-state index contributed by atoms with van der Waals surface area (Å²) in [6.45, 7) is 3.98. The highest BCUT2D eigenvalue weighted by Gasteiger charge is 2.09. The van der Waals surface area contributed by atoms with Gasteiger partial charge in [0, 0.05) is 6.54 Å². The largest absolute Gasteiger partial charge is 0.479 e. The second-order valence-electron chi connectivity index (χ2n) is 4.54. The number of aryl methyl sites for hydroxylation is 2. The van der Waals surface area contributed by atoms with Gasteiger partial charge in [-0.3, -0.25) is 0 Å². The third-order valence-electron chi connectivity index (χ3n) is 3.00. The summed E-state index contributed by atoms with van der Waals surface area (Å²) in [4.78, 5) is 7.97. The first-order valence-corrected chi connectivity index (χ1v) is 6.17. The van der Waals surface area contributed by atoms with Crippen LogP contribution >= 0.6 is 0 Å². The standard InChI is InChI=1S/C14H17FN4O/c1-8-4-10(5-9(2)11(8)15)6-17-13-12(16)14(20-3)19-7-18-13/h4-5,7H,6,16H2,1-3H3,(H,17,18,19).